The first-order valence-corrected chi connectivity index (χ1v) is 6.61. The fourth-order valence-electron chi connectivity index (χ4n) is 1.88. The van der Waals surface area contributed by atoms with Crippen molar-refractivity contribution in [1.82, 2.24) is 0 Å². The van der Waals surface area contributed by atoms with E-state index in [9.17, 15) is 9.59 Å². The van der Waals surface area contributed by atoms with E-state index in [1.54, 1.807) is 48.5 Å². The molecule has 0 heterocycles. The lowest BCUT2D eigenvalue weighted by molar-refractivity contribution is -0.138. The minimum atomic E-state index is -1.06. The lowest BCUT2D eigenvalue weighted by atomic mass is 10.1. The number of carboxylic acids is 1. The van der Waals surface area contributed by atoms with Crippen LogP contribution in [0.1, 0.15) is 15.9 Å². The molecule has 0 aliphatic rings. The molecule has 0 bridgehead atoms. The largest absolute Gasteiger partial charge is 0.480 e. The number of carbonyl (C=O) groups is 2. The van der Waals surface area contributed by atoms with Gasteiger partial charge in [-0.2, -0.15) is 0 Å². The average molecular weight is 300 g/mol. The summed E-state index contributed by atoms with van der Waals surface area (Å²) in [5.74, 6) is -1.26. The van der Waals surface area contributed by atoms with Gasteiger partial charge in [0, 0.05) is 5.69 Å². The van der Waals surface area contributed by atoms with E-state index in [0.717, 1.165) is 5.56 Å². The van der Waals surface area contributed by atoms with Gasteiger partial charge < -0.3 is 21.3 Å². The number of hydrogen-bond donors (Lipinski definition) is 3. The van der Waals surface area contributed by atoms with Gasteiger partial charge in [-0.15, -0.1) is 0 Å². The van der Waals surface area contributed by atoms with Gasteiger partial charge in [-0.3, -0.25) is 4.79 Å². The molecule has 2 aromatic rings. The molecule has 0 fully saturated rings. The summed E-state index contributed by atoms with van der Waals surface area (Å²) in [6.45, 7) is 0. The van der Waals surface area contributed by atoms with Crippen LogP contribution in [0.25, 0.3) is 0 Å². The third-order valence-electron chi connectivity index (χ3n) is 3.09. The second kappa shape index (κ2) is 6.73. The number of esters is 1. The Bertz CT molecular complexity index is 683. The summed E-state index contributed by atoms with van der Waals surface area (Å²) in [5, 5.41) is 8.76. The van der Waals surface area contributed by atoms with Crippen LogP contribution in [-0.2, 0) is 11.2 Å². The number of hydrogen-bond acceptors (Lipinski definition) is 5. The number of rotatable bonds is 5. The molecule has 6 heteroatoms. The minimum Gasteiger partial charge on any atom is -0.480 e. The van der Waals surface area contributed by atoms with Crippen LogP contribution in [0.3, 0.4) is 0 Å². The number of nitrogens with two attached hydrogens (primary N) is 2. The van der Waals surface area contributed by atoms with Gasteiger partial charge in [0.05, 0.1) is 5.56 Å². The molecule has 0 radical (unpaired) electrons. The van der Waals surface area contributed by atoms with Gasteiger partial charge in [0.25, 0.3) is 0 Å². The number of para-hydroxylation sites is 1. The molecule has 0 saturated carbocycles. The van der Waals surface area contributed by atoms with Crippen molar-refractivity contribution in [2.24, 2.45) is 5.73 Å². The summed E-state index contributed by atoms with van der Waals surface area (Å²) < 4.78 is 5.22. The Hall–Kier alpha value is -2.86. The molecule has 0 saturated heterocycles. The van der Waals surface area contributed by atoms with Gasteiger partial charge in [-0.1, -0.05) is 24.3 Å². The van der Waals surface area contributed by atoms with Crippen LogP contribution in [0.5, 0.6) is 5.75 Å². The fourth-order valence-corrected chi connectivity index (χ4v) is 1.88. The highest BCUT2D eigenvalue weighted by molar-refractivity contribution is 5.96. The molecular formula is C16H16N2O4. The van der Waals surface area contributed by atoms with Crippen molar-refractivity contribution < 1.29 is 19.4 Å². The van der Waals surface area contributed by atoms with E-state index >= 15 is 0 Å². The maximum absolute atomic E-state index is 12.0. The molecule has 6 nitrogen and oxygen atoms in total. The number of carbonyl (C=O) groups excluding carboxylic acids is 1. The SMILES string of the molecule is Nc1ccccc1C(=O)Oc1ccc(C[C@H](N)C(=O)O)cc1. The predicted octanol–water partition coefficient (Wildman–Crippen LogP) is 1.44. The molecule has 0 aliphatic carbocycles. The van der Waals surface area contributed by atoms with Crippen LogP contribution in [0.4, 0.5) is 5.69 Å². The van der Waals surface area contributed by atoms with Crippen LogP contribution in [-0.4, -0.2) is 23.1 Å². The van der Waals surface area contributed by atoms with Crippen molar-refractivity contribution in [3.63, 3.8) is 0 Å². The summed E-state index contributed by atoms with van der Waals surface area (Å²) in [7, 11) is 0. The second-order valence-corrected chi connectivity index (χ2v) is 4.77. The van der Waals surface area contributed by atoms with Gasteiger partial charge >= 0.3 is 11.9 Å². The molecular weight excluding hydrogens is 284 g/mol. The Morgan fingerprint density at radius 3 is 2.32 bits per heavy atom. The Kier molecular flexibility index (Phi) is 4.75. The van der Waals surface area contributed by atoms with E-state index in [-0.39, 0.29) is 6.42 Å². The van der Waals surface area contributed by atoms with Crippen molar-refractivity contribution in [1.29, 1.82) is 0 Å². The van der Waals surface area contributed by atoms with Gasteiger partial charge in [0.15, 0.2) is 0 Å². The summed E-state index contributed by atoms with van der Waals surface area (Å²) in [6, 6.07) is 12.2. The van der Waals surface area contributed by atoms with Gasteiger partial charge in [0.2, 0.25) is 0 Å². The van der Waals surface area contributed by atoms with E-state index in [1.165, 1.54) is 0 Å². The minimum absolute atomic E-state index is 0.204. The van der Waals surface area contributed by atoms with Crippen LogP contribution in [0.15, 0.2) is 48.5 Å². The highest BCUT2D eigenvalue weighted by atomic mass is 16.5. The Balaban J connectivity index is 2.04. The van der Waals surface area contributed by atoms with Crippen molar-refractivity contribution in [3.8, 4) is 5.75 Å². The topological polar surface area (TPSA) is 116 Å². The van der Waals surface area contributed by atoms with Gasteiger partial charge in [-0.05, 0) is 36.2 Å². The molecule has 2 aromatic carbocycles. The highest BCUT2D eigenvalue weighted by Gasteiger charge is 2.13. The monoisotopic (exact) mass is 300 g/mol. The molecule has 5 N–H and O–H groups in total. The molecule has 114 valence electrons. The summed E-state index contributed by atoms with van der Waals surface area (Å²) in [6.07, 6.45) is 0.204. The summed E-state index contributed by atoms with van der Waals surface area (Å²) in [5.41, 5.74) is 12.6. The van der Waals surface area contributed by atoms with Gasteiger partial charge in [0.1, 0.15) is 11.8 Å². The number of benzene rings is 2. The predicted molar refractivity (Wildman–Crippen MR) is 81.6 cm³/mol. The smallest absolute Gasteiger partial charge is 0.345 e. The quantitative estimate of drug-likeness (QED) is 0.437. The first-order chi connectivity index (χ1) is 10.5. The van der Waals surface area contributed by atoms with Crippen molar-refractivity contribution >= 4 is 17.6 Å². The van der Waals surface area contributed by atoms with Crippen LogP contribution in [0.2, 0.25) is 0 Å². The molecule has 0 aliphatic heterocycles. The number of aliphatic carboxylic acids is 1. The zero-order valence-corrected chi connectivity index (χ0v) is 11.7. The summed E-state index contributed by atoms with van der Waals surface area (Å²) >= 11 is 0. The third-order valence-corrected chi connectivity index (χ3v) is 3.09. The van der Waals surface area contributed by atoms with Gasteiger partial charge in [-0.25, -0.2) is 4.79 Å². The molecule has 1 atom stereocenters. The molecule has 0 amide bonds. The van der Waals surface area contributed by atoms with Crippen LogP contribution in [0, 0.1) is 0 Å². The zero-order valence-electron chi connectivity index (χ0n) is 11.7. The van der Waals surface area contributed by atoms with Crippen molar-refractivity contribution in [2.75, 3.05) is 5.73 Å². The fraction of sp³-hybridized carbons (Fsp3) is 0.125. The van der Waals surface area contributed by atoms with E-state index < -0.39 is 18.0 Å². The zero-order chi connectivity index (χ0) is 16.1. The number of ether oxygens (including phenoxy) is 1. The first-order valence-electron chi connectivity index (χ1n) is 6.61. The maximum Gasteiger partial charge on any atom is 0.345 e. The maximum atomic E-state index is 12.0. The van der Waals surface area contributed by atoms with E-state index in [4.69, 9.17) is 21.3 Å². The molecule has 0 aromatic heterocycles. The highest BCUT2D eigenvalue weighted by Crippen LogP contribution is 2.17. The lowest BCUT2D eigenvalue weighted by Crippen LogP contribution is -2.32. The lowest BCUT2D eigenvalue weighted by Gasteiger charge is -2.09. The Morgan fingerprint density at radius 2 is 1.73 bits per heavy atom. The normalized spacial score (nSPS) is 11.7. The van der Waals surface area contributed by atoms with Crippen molar-refractivity contribution in [3.05, 3.63) is 59.7 Å². The third kappa shape index (κ3) is 3.83. The molecule has 0 unspecified atom stereocenters. The van der Waals surface area contributed by atoms with Crippen LogP contribution < -0.4 is 16.2 Å². The second-order valence-electron chi connectivity index (χ2n) is 4.77. The number of anilines is 1. The van der Waals surface area contributed by atoms with E-state index in [2.05, 4.69) is 0 Å². The van der Waals surface area contributed by atoms with E-state index in [0.29, 0.717) is 17.0 Å². The average Bonchev–Trinajstić information content (AvgIpc) is 2.49. The number of carboxylic acid groups (broad SMARTS) is 1. The van der Waals surface area contributed by atoms with Crippen LogP contribution >= 0.6 is 0 Å². The number of nitrogen functional groups attached to an aromatic ring is 1. The van der Waals surface area contributed by atoms with Crippen molar-refractivity contribution in [2.45, 2.75) is 12.5 Å². The van der Waals surface area contributed by atoms with E-state index in [1.807, 2.05) is 0 Å². The molecule has 0 spiro atoms. The first kappa shape index (κ1) is 15.5. The summed E-state index contributed by atoms with van der Waals surface area (Å²) in [4.78, 5) is 22.7. The molecule has 2 rings (SSSR count). The molecule has 22 heavy (non-hydrogen) atoms. The Labute approximate surface area is 127 Å². The Morgan fingerprint density at radius 1 is 1.09 bits per heavy atom. The standard InChI is InChI=1S/C16H16N2O4/c17-13-4-2-1-3-12(13)16(21)22-11-7-5-10(6-8-11)9-14(18)15(19)20/h1-8,14H,9,17-18H2,(H,19,20)/t14-/m0/s1.